The van der Waals surface area contributed by atoms with Crippen LogP contribution in [-0.2, 0) is 11.4 Å². The second kappa shape index (κ2) is 6.39. The molecule has 2 aromatic rings. The summed E-state index contributed by atoms with van der Waals surface area (Å²) < 4.78 is 0. The third-order valence-electron chi connectivity index (χ3n) is 2.87. The fourth-order valence-electron chi connectivity index (χ4n) is 1.71. The highest BCUT2D eigenvalue weighted by atomic mass is 35.5. The first-order chi connectivity index (χ1) is 9.15. The van der Waals surface area contributed by atoms with Crippen LogP contribution in [0.1, 0.15) is 22.3 Å². The Morgan fingerprint density at radius 2 is 1.84 bits per heavy atom. The zero-order chi connectivity index (χ0) is 13.7. The fourth-order valence-corrected chi connectivity index (χ4v) is 1.84. The third kappa shape index (κ3) is 4.11. The van der Waals surface area contributed by atoms with Crippen LogP contribution in [0.15, 0.2) is 47.6 Å². The Morgan fingerprint density at radius 1 is 1.11 bits per heavy atom. The number of rotatable bonds is 4. The zero-order valence-electron chi connectivity index (χ0n) is 11.1. The van der Waals surface area contributed by atoms with Gasteiger partial charge in [0, 0.05) is 5.02 Å². The minimum Gasteiger partial charge on any atom is -0.391 e. The minimum atomic E-state index is 0.484. The highest BCUT2D eigenvalue weighted by Gasteiger charge is 1.98. The van der Waals surface area contributed by atoms with E-state index in [4.69, 9.17) is 16.4 Å². The topological polar surface area (TPSA) is 21.6 Å². The van der Waals surface area contributed by atoms with E-state index < -0.39 is 0 Å². The standard InChI is InChI=1S/C16H16ClNO/c1-12-3-4-13(2)15(9-12)11-19-18-10-14-5-7-16(17)8-6-14/h3-10H,11H2,1-2H3. The summed E-state index contributed by atoms with van der Waals surface area (Å²) in [6.07, 6.45) is 1.68. The van der Waals surface area contributed by atoms with Gasteiger partial charge in [0.05, 0.1) is 6.21 Å². The summed E-state index contributed by atoms with van der Waals surface area (Å²) in [6, 6.07) is 13.8. The van der Waals surface area contributed by atoms with E-state index in [1.807, 2.05) is 24.3 Å². The van der Waals surface area contributed by atoms with Gasteiger partial charge in [0.1, 0.15) is 6.61 Å². The molecule has 0 atom stereocenters. The molecule has 0 unspecified atom stereocenters. The Balaban J connectivity index is 1.92. The van der Waals surface area contributed by atoms with Crippen molar-refractivity contribution >= 4 is 17.8 Å². The first-order valence-electron chi connectivity index (χ1n) is 6.12. The molecule has 0 aliphatic rings. The van der Waals surface area contributed by atoms with Crippen molar-refractivity contribution in [2.24, 2.45) is 5.16 Å². The fraction of sp³-hybridized carbons (Fsp3) is 0.188. The molecule has 0 aliphatic carbocycles. The molecule has 0 radical (unpaired) electrons. The summed E-state index contributed by atoms with van der Waals surface area (Å²) in [6.45, 7) is 4.62. The number of hydrogen-bond acceptors (Lipinski definition) is 2. The second-order valence-electron chi connectivity index (χ2n) is 4.49. The quantitative estimate of drug-likeness (QED) is 0.593. The van der Waals surface area contributed by atoms with Crippen LogP contribution in [0.3, 0.4) is 0 Å². The maximum Gasteiger partial charge on any atom is 0.142 e. The van der Waals surface area contributed by atoms with E-state index in [1.165, 1.54) is 11.1 Å². The Bertz CT molecular complexity index is 576. The molecule has 0 N–H and O–H groups in total. The van der Waals surface area contributed by atoms with Gasteiger partial charge >= 0.3 is 0 Å². The SMILES string of the molecule is Cc1ccc(C)c(CON=Cc2ccc(Cl)cc2)c1. The molecule has 0 spiro atoms. The predicted octanol–water partition coefficient (Wildman–Crippen LogP) is 4.51. The van der Waals surface area contributed by atoms with Crippen molar-refractivity contribution in [1.82, 2.24) is 0 Å². The molecule has 0 heterocycles. The van der Waals surface area contributed by atoms with Gasteiger partial charge in [-0.3, -0.25) is 0 Å². The van der Waals surface area contributed by atoms with E-state index in [9.17, 15) is 0 Å². The molecular formula is C16H16ClNO. The van der Waals surface area contributed by atoms with Crippen LogP contribution in [0.2, 0.25) is 5.02 Å². The Hall–Kier alpha value is -1.80. The summed E-state index contributed by atoms with van der Waals surface area (Å²) in [7, 11) is 0. The van der Waals surface area contributed by atoms with Gasteiger partial charge in [-0.25, -0.2) is 0 Å². The van der Waals surface area contributed by atoms with Gasteiger partial charge in [0.15, 0.2) is 0 Å². The smallest absolute Gasteiger partial charge is 0.142 e. The normalized spacial score (nSPS) is 10.9. The average Bonchev–Trinajstić information content (AvgIpc) is 2.40. The second-order valence-corrected chi connectivity index (χ2v) is 4.93. The lowest BCUT2D eigenvalue weighted by Gasteiger charge is -2.05. The lowest BCUT2D eigenvalue weighted by atomic mass is 10.1. The molecule has 0 aliphatic heterocycles. The van der Waals surface area contributed by atoms with E-state index in [1.54, 1.807) is 6.21 Å². The van der Waals surface area contributed by atoms with Crippen LogP contribution >= 0.6 is 11.6 Å². The van der Waals surface area contributed by atoms with E-state index in [-0.39, 0.29) is 0 Å². The van der Waals surface area contributed by atoms with Gasteiger partial charge in [-0.1, -0.05) is 52.7 Å². The summed E-state index contributed by atoms with van der Waals surface area (Å²) >= 11 is 5.81. The molecule has 0 bridgehead atoms. The van der Waals surface area contributed by atoms with E-state index >= 15 is 0 Å². The maximum atomic E-state index is 5.81. The van der Waals surface area contributed by atoms with Crippen LogP contribution in [0.4, 0.5) is 0 Å². The lowest BCUT2D eigenvalue weighted by Crippen LogP contribution is -1.92. The Morgan fingerprint density at radius 3 is 2.58 bits per heavy atom. The van der Waals surface area contributed by atoms with E-state index in [2.05, 4.69) is 37.2 Å². The average molecular weight is 274 g/mol. The summed E-state index contributed by atoms with van der Waals surface area (Å²) in [5.74, 6) is 0. The summed E-state index contributed by atoms with van der Waals surface area (Å²) in [5, 5.41) is 4.69. The Labute approximate surface area is 118 Å². The summed E-state index contributed by atoms with van der Waals surface area (Å²) in [5.41, 5.74) is 4.57. The van der Waals surface area contributed by atoms with Crippen molar-refractivity contribution in [2.75, 3.05) is 0 Å². The van der Waals surface area contributed by atoms with Gasteiger partial charge < -0.3 is 4.84 Å². The number of halogens is 1. The first-order valence-corrected chi connectivity index (χ1v) is 6.50. The highest BCUT2D eigenvalue weighted by Crippen LogP contribution is 2.12. The predicted molar refractivity (Wildman–Crippen MR) is 79.8 cm³/mol. The van der Waals surface area contributed by atoms with Crippen molar-refractivity contribution in [3.8, 4) is 0 Å². The van der Waals surface area contributed by atoms with Crippen LogP contribution in [0.5, 0.6) is 0 Å². The van der Waals surface area contributed by atoms with Crippen molar-refractivity contribution in [1.29, 1.82) is 0 Å². The zero-order valence-corrected chi connectivity index (χ0v) is 11.8. The molecule has 0 amide bonds. The molecule has 0 aromatic heterocycles. The van der Waals surface area contributed by atoms with Crippen molar-refractivity contribution in [3.05, 3.63) is 69.7 Å². The number of benzene rings is 2. The van der Waals surface area contributed by atoms with Gasteiger partial charge in [0.25, 0.3) is 0 Å². The van der Waals surface area contributed by atoms with Gasteiger partial charge in [-0.15, -0.1) is 0 Å². The first kappa shape index (κ1) is 13.6. The molecule has 3 heteroatoms. The maximum absolute atomic E-state index is 5.81. The monoisotopic (exact) mass is 273 g/mol. The van der Waals surface area contributed by atoms with Crippen molar-refractivity contribution in [2.45, 2.75) is 20.5 Å². The molecule has 19 heavy (non-hydrogen) atoms. The minimum absolute atomic E-state index is 0.484. The number of hydrogen-bond donors (Lipinski definition) is 0. The molecule has 2 aromatic carbocycles. The van der Waals surface area contributed by atoms with E-state index in [0.29, 0.717) is 11.6 Å². The number of oxime groups is 1. The lowest BCUT2D eigenvalue weighted by molar-refractivity contribution is 0.131. The van der Waals surface area contributed by atoms with Crippen molar-refractivity contribution < 1.29 is 4.84 Å². The molecule has 98 valence electrons. The van der Waals surface area contributed by atoms with Crippen molar-refractivity contribution in [3.63, 3.8) is 0 Å². The molecule has 2 nitrogen and oxygen atoms in total. The Kier molecular flexibility index (Phi) is 4.58. The molecule has 0 saturated heterocycles. The number of nitrogens with zero attached hydrogens (tertiary/aromatic N) is 1. The molecular weight excluding hydrogens is 258 g/mol. The van der Waals surface area contributed by atoms with Gasteiger partial charge in [0.2, 0.25) is 0 Å². The van der Waals surface area contributed by atoms with Gasteiger partial charge in [-0.2, -0.15) is 0 Å². The van der Waals surface area contributed by atoms with Crippen LogP contribution in [0, 0.1) is 13.8 Å². The molecule has 0 saturated carbocycles. The third-order valence-corrected chi connectivity index (χ3v) is 3.12. The molecule has 0 fully saturated rings. The largest absolute Gasteiger partial charge is 0.391 e. The summed E-state index contributed by atoms with van der Waals surface area (Å²) in [4.78, 5) is 5.33. The van der Waals surface area contributed by atoms with Crippen LogP contribution in [0.25, 0.3) is 0 Å². The van der Waals surface area contributed by atoms with Crippen LogP contribution in [-0.4, -0.2) is 6.21 Å². The van der Waals surface area contributed by atoms with Gasteiger partial charge in [-0.05, 0) is 42.7 Å². The molecule has 2 rings (SSSR count). The number of aryl methyl sites for hydroxylation is 2. The van der Waals surface area contributed by atoms with Crippen LogP contribution < -0.4 is 0 Å². The van der Waals surface area contributed by atoms with E-state index in [0.717, 1.165) is 11.1 Å². The highest BCUT2D eigenvalue weighted by molar-refractivity contribution is 6.30.